The van der Waals surface area contributed by atoms with E-state index in [9.17, 15) is 5.26 Å². The van der Waals surface area contributed by atoms with E-state index in [0.717, 1.165) is 22.4 Å². The molecule has 2 heterocycles. The molecule has 0 bridgehead atoms. The monoisotopic (exact) mass is 321 g/mol. The summed E-state index contributed by atoms with van der Waals surface area (Å²) in [7, 11) is 1.95. The number of thiophene rings is 1. The molecule has 0 aliphatic heterocycles. The van der Waals surface area contributed by atoms with Crippen LogP contribution in [0, 0.1) is 18.3 Å². The summed E-state index contributed by atoms with van der Waals surface area (Å²) in [5.41, 5.74) is 1.61. The lowest BCUT2D eigenvalue weighted by Gasteiger charge is -2.19. The molecule has 0 unspecified atom stereocenters. The summed E-state index contributed by atoms with van der Waals surface area (Å²) in [6, 6.07) is 6.17. The molecule has 5 heteroatoms. The zero-order valence-electron chi connectivity index (χ0n) is 10.1. The molecule has 0 radical (unpaired) electrons. The second kappa shape index (κ2) is 5.51. The maximum atomic E-state index is 9.20. The molecule has 0 aliphatic rings. The number of nitriles is 1. The smallest absolute Gasteiger partial charge is 0.146 e. The van der Waals surface area contributed by atoms with E-state index in [0.29, 0.717) is 5.56 Å². The van der Waals surface area contributed by atoms with E-state index in [2.05, 4.69) is 38.4 Å². The van der Waals surface area contributed by atoms with Crippen LogP contribution in [0.3, 0.4) is 0 Å². The Morgan fingerprint density at radius 3 is 2.94 bits per heavy atom. The fourth-order valence-corrected chi connectivity index (χ4v) is 3.22. The van der Waals surface area contributed by atoms with Crippen LogP contribution in [0.2, 0.25) is 0 Å². The Balaban J connectivity index is 2.27. The minimum absolute atomic E-state index is 0.649. The average Bonchev–Trinajstić information content (AvgIpc) is 2.74. The summed E-state index contributed by atoms with van der Waals surface area (Å²) in [6.45, 7) is 2.68. The minimum atomic E-state index is 0.649. The summed E-state index contributed by atoms with van der Waals surface area (Å²) in [5.74, 6) is 0.738. The number of anilines is 1. The normalized spacial score (nSPS) is 10.1. The molecule has 2 aromatic rings. The van der Waals surface area contributed by atoms with Gasteiger partial charge in [0.1, 0.15) is 11.9 Å². The van der Waals surface area contributed by atoms with E-state index in [1.165, 1.54) is 4.88 Å². The summed E-state index contributed by atoms with van der Waals surface area (Å²) in [4.78, 5) is 7.55. The van der Waals surface area contributed by atoms with Crippen molar-refractivity contribution in [2.24, 2.45) is 0 Å². The molecule has 0 atom stereocenters. The number of aromatic nitrogens is 1. The van der Waals surface area contributed by atoms with Gasteiger partial charge in [-0.25, -0.2) is 4.98 Å². The van der Waals surface area contributed by atoms with Crippen LogP contribution in [-0.2, 0) is 6.54 Å². The van der Waals surface area contributed by atoms with Crippen molar-refractivity contribution in [1.29, 1.82) is 5.26 Å². The third-order valence-electron chi connectivity index (χ3n) is 2.63. The first kappa shape index (κ1) is 13.1. The molecule has 0 saturated carbocycles. The molecule has 0 aromatic carbocycles. The van der Waals surface area contributed by atoms with Gasteiger partial charge in [-0.3, -0.25) is 0 Å². The standard InChI is InChI=1S/C13H12BrN3S/c1-9-3-4-16-13(12(9)6-15)17(2)7-11-5-10(14)8-18-11/h3-5,8H,7H2,1-2H3. The number of aryl methyl sites for hydroxylation is 1. The highest BCUT2D eigenvalue weighted by molar-refractivity contribution is 9.10. The van der Waals surface area contributed by atoms with Crippen LogP contribution in [0.5, 0.6) is 0 Å². The Morgan fingerprint density at radius 1 is 1.56 bits per heavy atom. The molecule has 2 aromatic heterocycles. The number of rotatable bonds is 3. The van der Waals surface area contributed by atoms with Crippen LogP contribution in [-0.4, -0.2) is 12.0 Å². The highest BCUT2D eigenvalue weighted by Crippen LogP contribution is 2.24. The van der Waals surface area contributed by atoms with E-state index >= 15 is 0 Å². The van der Waals surface area contributed by atoms with Crippen molar-refractivity contribution in [3.05, 3.63) is 44.2 Å². The first-order valence-corrected chi connectivity index (χ1v) is 7.09. The molecule has 0 fully saturated rings. The van der Waals surface area contributed by atoms with Gasteiger partial charge < -0.3 is 4.90 Å². The molecular weight excluding hydrogens is 310 g/mol. The van der Waals surface area contributed by atoms with Gasteiger partial charge in [-0.15, -0.1) is 11.3 Å². The SMILES string of the molecule is Cc1ccnc(N(C)Cc2cc(Br)cs2)c1C#N. The van der Waals surface area contributed by atoms with E-state index in [-0.39, 0.29) is 0 Å². The molecule has 18 heavy (non-hydrogen) atoms. The average molecular weight is 322 g/mol. The lowest BCUT2D eigenvalue weighted by atomic mass is 10.1. The molecule has 0 N–H and O–H groups in total. The fraction of sp³-hybridized carbons (Fsp3) is 0.231. The first-order chi connectivity index (χ1) is 8.61. The van der Waals surface area contributed by atoms with Gasteiger partial charge in [0, 0.05) is 28.0 Å². The van der Waals surface area contributed by atoms with Crippen molar-refractivity contribution in [3.63, 3.8) is 0 Å². The topological polar surface area (TPSA) is 39.9 Å². The van der Waals surface area contributed by atoms with Crippen LogP contribution in [0.15, 0.2) is 28.2 Å². The van der Waals surface area contributed by atoms with Crippen molar-refractivity contribution in [2.75, 3.05) is 11.9 Å². The van der Waals surface area contributed by atoms with Crippen molar-refractivity contribution in [2.45, 2.75) is 13.5 Å². The van der Waals surface area contributed by atoms with Gasteiger partial charge in [0.05, 0.1) is 12.1 Å². The van der Waals surface area contributed by atoms with E-state index in [1.54, 1.807) is 17.5 Å². The fourth-order valence-electron chi connectivity index (χ4n) is 1.72. The number of pyridine rings is 1. The Bertz CT molecular complexity index is 601. The highest BCUT2D eigenvalue weighted by atomic mass is 79.9. The van der Waals surface area contributed by atoms with Crippen LogP contribution >= 0.6 is 27.3 Å². The molecule has 0 spiro atoms. The lowest BCUT2D eigenvalue weighted by Crippen LogP contribution is -2.18. The molecule has 0 amide bonds. The Kier molecular flexibility index (Phi) is 4.00. The van der Waals surface area contributed by atoms with Crippen molar-refractivity contribution in [3.8, 4) is 6.07 Å². The minimum Gasteiger partial charge on any atom is -0.353 e. The summed E-state index contributed by atoms with van der Waals surface area (Å²) < 4.78 is 1.09. The third-order valence-corrected chi connectivity index (χ3v) is 4.31. The van der Waals surface area contributed by atoms with E-state index in [1.807, 2.05) is 24.9 Å². The molecular formula is C13H12BrN3S. The van der Waals surface area contributed by atoms with Gasteiger partial charge in [-0.1, -0.05) is 0 Å². The van der Waals surface area contributed by atoms with Gasteiger partial charge in [-0.2, -0.15) is 5.26 Å². The highest BCUT2D eigenvalue weighted by Gasteiger charge is 2.12. The van der Waals surface area contributed by atoms with Gasteiger partial charge in [0.2, 0.25) is 0 Å². The van der Waals surface area contributed by atoms with Gasteiger partial charge >= 0.3 is 0 Å². The summed E-state index contributed by atoms with van der Waals surface area (Å²) in [5, 5.41) is 11.3. The number of nitrogens with zero attached hydrogens (tertiary/aromatic N) is 3. The Morgan fingerprint density at radius 2 is 2.33 bits per heavy atom. The third kappa shape index (κ3) is 2.71. The van der Waals surface area contributed by atoms with Gasteiger partial charge in [0.15, 0.2) is 0 Å². The van der Waals surface area contributed by atoms with Crippen LogP contribution in [0.1, 0.15) is 16.0 Å². The van der Waals surface area contributed by atoms with Crippen molar-refractivity contribution >= 4 is 33.1 Å². The predicted molar refractivity (Wildman–Crippen MR) is 77.8 cm³/mol. The van der Waals surface area contributed by atoms with Gasteiger partial charge in [-0.05, 0) is 40.5 Å². The molecule has 0 saturated heterocycles. The number of hydrogen-bond acceptors (Lipinski definition) is 4. The second-order valence-corrected chi connectivity index (χ2v) is 5.94. The number of hydrogen-bond donors (Lipinski definition) is 0. The van der Waals surface area contributed by atoms with Crippen molar-refractivity contribution < 1.29 is 0 Å². The predicted octanol–water partition coefficient (Wildman–Crippen LogP) is 3.72. The Hall–Kier alpha value is -1.38. The lowest BCUT2D eigenvalue weighted by molar-refractivity contribution is 0.907. The second-order valence-electron chi connectivity index (χ2n) is 4.03. The molecule has 0 aliphatic carbocycles. The van der Waals surface area contributed by atoms with Crippen LogP contribution in [0.4, 0.5) is 5.82 Å². The van der Waals surface area contributed by atoms with Gasteiger partial charge in [0.25, 0.3) is 0 Å². The van der Waals surface area contributed by atoms with E-state index < -0.39 is 0 Å². The van der Waals surface area contributed by atoms with Crippen LogP contribution in [0.25, 0.3) is 0 Å². The first-order valence-electron chi connectivity index (χ1n) is 5.41. The maximum absolute atomic E-state index is 9.20. The molecule has 92 valence electrons. The van der Waals surface area contributed by atoms with Crippen LogP contribution < -0.4 is 4.90 Å². The summed E-state index contributed by atoms with van der Waals surface area (Å²) in [6.07, 6.45) is 1.74. The maximum Gasteiger partial charge on any atom is 0.146 e. The molecule has 2 rings (SSSR count). The number of halogens is 1. The largest absolute Gasteiger partial charge is 0.353 e. The quantitative estimate of drug-likeness (QED) is 0.864. The Labute approximate surface area is 119 Å². The molecule has 3 nitrogen and oxygen atoms in total. The zero-order valence-corrected chi connectivity index (χ0v) is 12.5. The van der Waals surface area contributed by atoms with Crippen molar-refractivity contribution in [1.82, 2.24) is 4.98 Å². The van der Waals surface area contributed by atoms with E-state index in [4.69, 9.17) is 0 Å². The summed E-state index contributed by atoms with van der Waals surface area (Å²) >= 11 is 5.13. The zero-order chi connectivity index (χ0) is 13.1.